The summed E-state index contributed by atoms with van der Waals surface area (Å²) >= 11 is 0. The molecule has 25 heavy (non-hydrogen) atoms. The monoisotopic (exact) mass is 326 g/mol. The summed E-state index contributed by atoms with van der Waals surface area (Å²) < 4.78 is 0. The summed E-state index contributed by atoms with van der Waals surface area (Å²) in [4.78, 5) is 38.0. The SMILES string of the molecule is Cc1ccc(C(=O)c2ccc3c(c2)C(=O)c2ccccc2C3=O)cc1. The van der Waals surface area contributed by atoms with Crippen LogP contribution in [0, 0.1) is 6.92 Å². The number of fused-ring (bicyclic) bond motifs is 2. The zero-order chi connectivity index (χ0) is 17.6. The van der Waals surface area contributed by atoms with Crippen LogP contribution in [0.5, 0.6) is 0 Å². The van der Waals surface area contributed by atoms with Crippen molar-refractivity contribution in [2.45, 2.75) is 6.92 Å². The summed E-state index contributed by atoms with van der Waals surface area (Å²) in [6, 6.07) is 18.8. The number of hydrogen-bond acceptors (Lipinski definition) is 3. The van der Waals surface area contributed by atoms with Crippen molar-refractivity contribution in [3.8, 4) is 0 Å². The fourth-order valence-corrected chi connectivity index (χ4v) is 3.11. The number of aryl methyl sites for hydroxylation is 1. The van der Waals surface area contributed by atoms with Crippen LogP contribution in [0.25, 0.3) is 0 Å². The molecular formula is C22H14O3. The summed E-state index contributed by atoms with van der Waals surface area (Å²) in [7, 11) is 0. The minimum atomic E-state index is -0.219. The first-order valence-corrected chi connectivity index (χ1v) is 8.00. The second-order valence-electron chi connectivity index (χ2n) is 6.16. The highest BCUT2D eigenvalue weighted by Gasteiger charge is 2.29. The Bertz CT molecular complexity index is 1040. The molecule has 0 atom stereocenters. The second-order valence-corrected chi connectivity index (χ2v) is 6.16. The van der Waals surface area contributed by atoms with E-state index in [0.29, 0.717) is 33.4 Å². The third kappa shape index (κ3) is 2.41. The lowest BCUT2D eigenvalue weighted by molar-refractivity contribution is 0.0978. The highest BCUT2D eigenvalue weighted by Crippen LogP contribution is 2.28. The molecule has 3 aromatic rings. The molecule has 0 saturated heterocycles. The van der Waals surface area contributed by atoms with Crippen molar-refractivity contribution >= 4 is 17.3 Å². The molecular weight excluding hydrogens is 312 g/mol. The fraction of sp³-hybridized carbons (Fsp3) is 0.0455. The lowest BCUT2D eigenvalue weighted by atomic mass is 9.83. The molecule has 0 aromatic heterocycles. The number of hydrogen-bond donors (Lipinski definition) is 0. The molecule has 0 radical (unpaired) electrons. The third-order valence-electron chi connectivity index (χ3n) is 4.50. The van der Waals surface area contributed by atoms with E-state index < -0.39 is 0 Å². The zero-order valence-electron chi connectivity index (χ0n) is 13.6. The molecule has 1 aliphatic carbocycles. The van der Waals surface area contributed by atoms with E-state index in [1.54, 1.807) is 48.5 Å². The van der Waals surface area contributed by atoms with Crippen molar-refractivity contribution in [1.82, 2.24) is 0 Å². The first-order chi connectivity index (χ1) is 12.1. The molecule has 0 heterocycles. The summed E-state index contributed by atoms with van der Waals surface area (Å²) in [5.74, 6) is -0.565. The molecule has 0 aliphatic heterocycles. The van der Waals surface area contributed by atoms with E-state index in [2.05, 4.69) is 0 Å². The lowest BCUT2D eigenvalue weighted by Crippen LogP contribution is -2.21. The Morgan fingerprint density at radius 3 is 1.80 bits per heavy atom. The molecule has 0 bridgehead atoms. The Balaban J connectivity index is 1.80. The van der Waals surface area contributed by atoms with E-state index in [0.717, 1.165) is 5.56 Å². The molecule has 0 fully saturated rings. The van der Waals surface area contributed by atoms with Gasteiger partial charge in [0.1, 0.15) is 0 Å². The van der Waals surface area contributed by atoms with Gasteiger partial charge in [-0.15, -0.1) is 0 Å². The highest BCUT2D eigenvalue weighted by molar-refractivity contribution is 6.29. The van der Waals surface area contributed by atoms with Gasteiger partial charge in [-0.25, -0.2) is 0 Å². The molecule has 120 valence electrons. The van der Waals surface area contributed by atoms with Gasteiger partial charge < -0.3 is 0 Å². The Kier molecular flexibility index (Phi) is 3.43. The summed E-state index contributed by atoms with van der Waals surface area (Å²) in [6.45, 7) is 1.95. The van der Waals surface area contributed by atoms with Crippen LogP contribution in [0.4, 0.5) is 0 Å². The van der Waals surface area contributed by atoms with Gasteiger partial charge in [-0.2, -0.15) is 0 Å². The Morgan fingerprint density at radius 2 is 1.16 bits per heavy atom. The second kappa shape index (κ2) is 5.64. The van der Waals surface area contributed by atoms with Crippen LogP contribution in [0.3, 0.4) is 0 Å². The van der Waals surface area contributed by atoms with Gasteiger partial charge in [-0.3, -0.25) is 14.4 Å². The van der Waals surface area contributed by atoms with Crippen LogP contribution in [-0.4, -0.2) is 17.3 Å². The maximum atomic E-state index is 12.7. The molecule has 3 nitrogen and oxygen atoms in total. The smallest absolute Gasteiger partial charge is 0.194 e. The van der Waals surface area contributed by atoms with Crippen LogP contribution in [-0.2, 0) is 0 Å². The number of carbonyl (C=O) groups is 3. The van der Waals surface area contributed by atoms with Gasteiger partial charge in [-0.1, -0.05) is 60.2 Å². The topological polar surface area (TPSA) is 51.2 Å². The van der Waals surface area contributed by atoms with Gasteiger partial charge in [-0.05, 0) is 19.1 Å². The lowest BCUT2D eigenvalue weighted by Gasteiger charge is -2.17. The van der Waals surface area contributed by atoms with Crippen molar-refractivity contribution in [2.24, 2.45) is 0 Å². The molecule has 0 spiro atoms. The van der Waals surface area contributed by atoms with Crippen molar-refractivity contribution < 1.29 is 14.4 Å². The number of ketones is 3. The van der Waals surface area contributed by atoms with Crippen LogP contribution in [0.15, 0.2) is 66.7 Å². The summed E-state index contributed by atoms with van der Waals surface area (Å²) in [5, 5.41) is 0. The van der Waals surface area contributed by atoms with E-state index in [4.69, 9.17) is 0 Å². The van der Waals surface area contributed by atoms with Crippen molar-refractivity contribution in [3.05, 3.63) is 106 Å². The fourth-order valence-electron chi connectivity index (χ4n) is 3.11. The van der Waals surface area contributed by atoms with Crippen molar-refractivity contribution in [1.29, 1.82) is 0 Å². The predicted molar refractivity (Wildman–Crippen MR) is 94.4 cm³/mol. The van der Waals surface area contributed by atoms with E-state index in [9.17, 15) is 14.4 Å². The molecule has 0 amide bonds. The predicted octanol–water partition coefficient (Wildman–Crippen LogP) is 4.00. The van der Waals surface area contributed by atoms with Gasteiger partial charge in [0.05, 0.1) is 0 Å². The average molecular weight is 326 g/mol. The van der Waals surface area contributed by atoms with E-state index in [1.165, 1.54) is 6.07 Å². The molecule has 0 unspecified atom stereocenters. The maximum Gasteiger partial charge on any atom is 0.194 e. The van der Waals surface area contributed by atoms with E-state index >= 15 is 0 Å². The molecule has 1 aliphatic rings. The summed E-state index contributed by atoms with van der Waals surface area (Å²) in [5.41, 5.74) is 3.48. The number of carbonyl (C=O) groups excluding carboxylic acids is 3. The number of rotatable bonds is 2. The zero-order valence-corrected chi connectivity index (χ0v) is 13.6. The molecule has 0 N–H and O–H groups in total. The largest absolute Gasteiger partial charge is 0.289 e. The average Bonchev–Trinajstić information content (AvgIpc) is 2.66. The first-order valence-electron chi connectivity index (χ1n) is 8.00. The van der Waals surface area contributed by atoms with E-state index in [-0.39, 0.29) is 17.3 Å². The van der Waals surface area contributed by atoms with Crippen LogP contribution >= 0.6 is 0 Å². The van der Waals surface area contributed by atoms with Gasteiger partial charge in [0.25, 0.3) is 0 Å². The van der Waals surface area contributed by atoms with Gasteiger partial charge in [0.15, 0.2) is 17.3 Å². The van der Waals surface area contributed by atoms with Gasteiger partial charge >= 0.3 is 0 Å². The molecule has 3 aromatic carbocycles. The quantitative estimate of drug-likeness (QED) is 0.523. The van der Waals surface area contributed by atoms with Crippen molar-refractivity contribution in [3.63, 3.8) is 0 Å². The minimum Gasteiger partial charge on any atom is -0.289 e. The Hall–Kier alpha value is -3.33. The van der Waals surface area contributed by atoms with Crippen LogP contribution in [0.2, 0.25) is 0 Å². The first kappa shape index (κ1) is 15.2. The van der Waals surface area contributed by atoms with Gasteiger partial charge in [0, 0.05) is 33.4 Å². The van der Waals surface area contributed by atoms with Crippen LogP contribution in [0.1, 0.15) is 53.3 Å². The molecule has 0 saturated carbocycles. The summed E-state index contributed by atoms with van der Waals surface area (Å²) in [6.07, 6.45) is 0. The van der Waals surface area contributed by atoms with Gasteiger partial charge in [0.2, 0.25) is 0 Å². The molecule has 3 heteroatoms. The standard InChI is InChI=1S/C22H14O3/c1-13-6-8-14(9-7-13)20(23)15-10-11-18-19(12-15)22(25)17-5-3-2-4-16(17)21(18)24/h2-12H,1H3. The Labute approximate surface area is 144 Å². The molecule has 4 rings (SSSR count). The maximum absolute atomic E-state index is 12.7. The minimum absolute atomic E-state index is 0.165. The van der Waals surface area contributed by atoms with Crippen LogP contribution < -0.4 is 0 Å². The van der Waals surface area contributed by atoms with E-state index in [1.807, 2.05) is 19.1 Å². The number of benzene rings is 3. The normalized spacial score (nSPS) is 12.5. The highest BCUT2D eigenvalue weighted by atomic mass is 16.1. The Morgan fingerprint density at radius 1 is 0.640 bits per heavy atom. The van der Waals surface area contributed by atoms with Crippen molar-refractivity contribution in [2.75, 3.05) is 0 Å². The third-order valence-corrected chi connectivity index (χ3v) is 4.50.